The molecule has 2 aromatic carbocycles. The molecule has 2 aromatic rings. The normalized spacial score (nSPS) is 10.2. The van der Waals surface area contributed by atoms with Gasteiger partial charge in [0.15, 0.2) is 0 Å². The standard InChI is InChI=1S/C16H17NO3S/c1-10-7-13(9-14(15(10)17)16(18)20-3)21-12-6-4-5-11(8-12)19-2/h4-9H,17H2,1-3H3. The van der Waals surface area contributed by atoms with Crippen LogP contribution in [0, 0.1) is 6.92 Å². The van der Waals surface area contributed by atoms with E-state index in [1.807, 2.05) is 37.3 Å². The van der Waals surface area contributed by atoms with E-state index in [0.29, 0.717) is 11.3 Å². The van der Waals surface area contributed by atoms with Crippen molar-refractivity contribution in [1.29, 1.82) is 0 Å². The van der Waals surface area contributed by atoms with Crippen LogP contribution in [0.5, 0.6) is 5.75 Å². The van der Waals surface area contributed by atoms with Crippen molar-refractivity contribution in [2.45, 2.75) is 16.7 Å². The van der Waals surface area contributed by atoms with Gasteiger partial charge in [0, 0.05) is 15.5 Å². The maximum atomic E-state index is 11.8. The summed E-state index contributed by atoms with van der Waals surface area (Å²) in [5.74, 6) is 0.365. The highest BCUT2D eigenvalue weighted by Crippen LogP contribution is 2.33. The molecule has 0 atom stereocenters. The van der Waals surface area contributed by atoms with Crippen LogP contribution >= 0.6 is 11.8 Å². The molecule has 0 bridgehead atoms. The largest absolute Gasteiger partial charge is 0.497 e. The minimum atomic E-state index is -0.427. The molecule has 2 rings (SSSR count). The van der Waals surface area contributed by atoms with Gasteiger partial charge >= 0.3 is 5.97 Å². The Bertz CT molecular complexity index is 671. The van der Waals surface area contributed by atoms with Gasteiger partial charge in [-0.1, -0.05) is 17.8 Å². The van der Waals surface area contributed by atoms with Gasteiger partial charge in [-0.2, -0.15) is 0 Å². The minimum Gasteiger partial charge on any atom is -0.497 e. The number of nitrogens with two attached hydrogens (primary N) is 1. The fraction of sp³-hybridized carbons (Fsp3) is 0.188. The first-order chi connectivity index (χ1) is 10.0. The van der Waals surface area contributed by atoms with Crippen LogP contribution in [-0.4, -0.2) is 20.2 Å². The van der Waals surface area contributed by atoms with E-state index in [9.17, 15) is 4.79 Å². The molecule has 0 aliphatic carbocycles. The van der Waals surface area contributed by atoms with Crippen molar-refractivity contribution < 1.29 is 14.3 Å². The fourth-order valence-corrected chi connectivity index (χ4v) is 2.91. The molecule has 0 amide bonds. The molecule has 0 saturated heterocycles. The van der Waals surface area contributed by atoms with E-state index >= 15 is 0 Å². The van der Waals surface area contributed by atoms with Crippen LogP contribution in [0.4, 0.5) is 5.69 Å². The van der Waals surface area contributed by atoms with Gasteiger partial charge in [0.2, 0.25) is 0 Å². The minimum absolute atomic E-state index is 0.392. The van der Waals surface area contributed by atoms with Gasteiger partial charge in [-0.3, -0.25) is 0 Å². The van der Waals surface area contributed by atoms with Gasteiger partial charge in [0.1, 0.15) is 5.75 Å². The van der Waals surface area contributed by atoms with Crippen molar-refractivity contribution in [1.82, 2.24) is 0 Å². The molecule has 0 radical (unpaired) electrons. The van der Waals surface area contributed by atoms with Crippen LogP contribution in [0.1, 0.15) is 15.9 Å². The van der Waals surface area contributed by atoms with Crippen LogP contribution in [0.3, 0.4) is 0 Å². The Kier molecular flexibility index (Phi) is 4.75. The lowest BCUT2D eigenvalue weighted by molar-refractivity contribution is 0.0601. The molecule has 0 spiro atoms. The summed E-state index contributed by atoms with van der Waals surface area (Å²) in [5, 5.41) is 0. The molecule has 0 aliphatic rings. The summed E-state index contributed by atoms with van der Waals surface area (Å²) in [7, 11) is 2.98. The van der Waals surface area contributed by atoms with Crippen molar-refractivity contribution in [3.63, 3.8) is 0 Å². The Balaban J connectivity index is 2.36. The van der Waals surface area contributed by atoms with Crippen LogP contribution < -0.4 is 10.5 Å². The summed E-state index contributed by atoms with van der Waals surface area (Å²) >= 11 is 1.54. The number of hydrogen-bond donors (Lipinski definition) is 1. The molecule has 2 N–H and O–H groups in total. The third-order valence-electron chi connectivity index (χ3n) is 3.04. The topological polar surface area (TPSA) is 61.5 Å². The van der Waals surface area contributed by atoms with Gasteiger partial charge in [0.25, 0.3) is 0 Å². The molecule has 0 unspecified atom stereocenters. The lowest BCUT2D eigenvalue weighted by atomic mass is 10.1. The maximum Gasteiger partial charge on any atom is 0.340 e. The van der Waals surface area contributed by atoms with Gasteiger partial charge in [-0.05, 0) is 42.8 Å². The number of methoxy groups -OCH3 is 2. The average molecular weight is 303 g/mol. The Morgan fingerprint density at radius 3 is 2.57 bits per heavy atom. The Morgan fingerprint density at radius 1 is 1.14 bits per heavy atom. The Hall–Kier alpha value is -2.14. The van der Waals surface area contributed by atoms with Gasteiger partial charge in [-0.15, -0.1) is 0 Å². The SMILES string of the molecule is COC(=O)c1cc(Sc2cccc(OC)c2)cc(C)c1N. The van der Waals surface area contributed by atoms with E-state index in [4.69, 9.17) is 15.2 Å². The summed E-state index contributed by atoms with van der Waals surface area (Å²) in [5.41, 5.74) is 7.63. The van der Waals surface area contributed by atoms with Gasteiger partial charge in [0.05, 0.1) is 19.8 Å². The average Bonchev–Trinajstić information content (AvgIpc) is 2.50. The van der Waals surface area contributed by atoms with Crippen molar-refractivity contribution in [3.8, 4) is 5.75 Å². The van der Waals surface area contributed by atoms with Crippen molar-refractivity contribution in [2.75, 3.05) is 20.0 Å². The summed E-state index contributed by atoms with van der Waals surface area (Å²) in [4.78, 5) is 13.7. The molecular formula is C16H17NO3S. The molecule has 5 heteroatoms. The number of carbonyl (C=O) groups excluding carboxylic acids is 1. The monoisotopic (exact) mass is 303 g/mol. The van der Waals surface area contributed by atoms with E-state index in [-0.39, 0.29) is 0 Å². The second-order valence-corrected chi connectivity index (χ2v) is 5.62. The fourth-order valence-electron chi connectivity index (χ4n) is 1.90. The predicted molar refractivity (Wildman–Crippen MR) is 84.0 cm³/mol. The molecule has 0 aliphatic heterocycles. The highest BCUT2D eigenvalue weighted by atomic mass is 32.2. The third-order valence-corrected chi connectivity index (χ3v) is 4.00. The molecule has 0 aromatic heterocycles. The molecule has 4 nitrogen and oxygen atoms in total. The summed E-state index contributed by atoms with van der Waals surface area (Å²) in [6, 6.07) is 11.4. The van der Waals surface area contributed by atoms with Crippen LogP contribution in [0.25, 0.3) is 0 Å². The van der Waals surface area contributed by atoms with Crippen LogP contribution in [-0.2, 0) is 4.74 Å². The molecule has 110 valence electrons. The molecule has 0 fully saturated rings. The number of anilines is 1. The number of carbonyl (C=O) groups is 1. The summed E-state index contributed by atoms with van der Waals surface area (Å²) in [6.45, 7) is 1.87. The first-order valence-corrected chi connectivity index (χ1v) is 7.17. The van der Waals surface area contributed by atoms with E-state index in [1.165, 1.54) is 18.9 Å². The number of aryl methyl sites for hydroxylation is 1. The molecule has 0 saturated carbocycles. The maximum absolute atomic E-state index is 11.8. The predicted octanol–water partition coefficient (Wildman–Crippen LogP) is 3.52. The quantitative estimate of drug-likeness (QED) is 0.691. The first kappa shape index (κ1) is 15.3. The zero-order valence-electron chi connectivity index (χ0n) is 12.2. The summed E-state index contributed by atoms with van der Waals surface area (Å²) in [6.07, 6.45) is 0. The van der Waals surface area contributed by atoms with E-state index < -0.39 is 5.97 Å². The summed E-state index contributed by atoms with van der Waals surface area (Å²) < 4.78 is 9.97. The van der Waals surface area contributed by atoms with Crippen molar-refractivity contribution in [3.05, 3.63) is 47.5 Å². The zero-order chi connectivity index (χ0) is 15.4. The Labute approximate surface area is 128 Å². The third kappa shape index (κ3) is 3.49. The lowest BCUT2D eigenvalue weighted by Crippen LogP contribution is -2.07. The number of nitrogen functional groups attached to an aromatic ring is 1. The van der Waals surface area contributed by atoms with Crippen molar-refractivity contribution in [2.24, 2.45) is 0 Å². The number of esters is 1. The molecule has 0 heterocycles. The van der Waals surface area contributed by atoms with E-state index in [2.05, 4.69) is 0 Å². The van der Waals surface area contributed by atoms with Crippen molar-refractivity contribution >= 4 is 23.4 Å². The highest BCUT2D eigenvalue weighted by molar-refractivity contribution is 7.99. The number of benzene rings is 2. The Morgan fingerprint density at radius 2 is 1.90 bits per heavy atom. The molecular weight excluding hydrogens is 286 g/mol. The number of ether oxygens (including phenoxy) is 2. The van der Waals surface area contributed by atoms with Gasteiger partial charge in [-0.25, -0.2) is 4.79 Å². The number of rotatable bonds is 4. The van der Waals surface area contributed by atoms with E-state index in [1.54, 1.807) is 13.2 Å². The zero-order valence-corrected chi connectivity index (χ0v) is 13.0. The second-order valence-electron chi connectivity index (χ2n) is 4.47. The second kappa shape index (κ2) is 6.54. The van der Waals surface area contributed by atoms with Gasteiger partial charge < -0.3 is 15.2 Å². The highest BCUT2D eigenvalue weighted by Gasteiger charge is 2.14. The number of hydrogen-bond acceptors (Lipinski definition) is 5. The first-order valence-electron chi connectivity index (χ1n) is 6.35. The molecule has 21 heavy (non-hydrogen) atoms. The van der Waals surface area contributed by atoms with E-state index in [0.717, 1.165) is 21.1 Å². The van der Waals surface area contributed by atoms with Crippen LogP contribution in [0.15, 0.2) is 46.2 Å². The van der Waals surface area contributed by atoms with Crippen LogP contribution in [0.2, 0.25) is 0 Å². The smallest absolute Gasteiger partial charge is 0.340 e. The lowest BCUT2D eigenvalue weighted by Gasteiger charge is -2.10.